The lowest BCUT2D eigenvalue weighted by atomic mass is 10.2. The fourth-order valence-electron chi connectivity index (χ4n) is 2.09. The number of rotatable bonds is 3. The van der Waals surface area contributed by atoms with Crippen LogP contribution in [-0.4, -0.2) is 27.3 Å². The van der Waals surface area contributed by atoms with E-state index in [0.29, 0.717) is 11.4 Å². The van der Waals surface area contributed by atoms with Gasteiger partial charge in [-0.05, 0) is 26.8 Å². The van der Waals surface area contributed by atoms with Crippen LogP contribution in [0, 0.1) is 13.8 Å². The van der Waals surface area contributed by atoms with Gasteiger partial charge in [-0.15, -0.1) is 0 Å². The maximum atomic E-state index is 12.8. The summed E-state index contributed by atoms with van der Waals surface area (Å²) in [5.41, 5.74) is 0.283. The first-order chi connectivity index (χ1) is 10.3. The maximum absolute atomic E-state index is 12.8. The summed E-state index contributed by atoms with van der Waals surface area (Å²) < 4.78 is 44.4. The number of alkyl halides is 3. The molecule has 0 bridgehead atoms. The summed E-state index contributed by atoms with van der Waals surface area (Å²) in [6.45, 7) is 5.06. The number of aryl methyl sites for hydroxylation is 1. The Labute approximate surface area is 124 Å². The lowest BCUT2D eigenvalue weighted by Gasteiger charge is -2.09. The van der Waals surface area contributed by atoms with Gasteiger partial charge >= 0.3 is 12.1 Å². The fraction of sp³-hybridized carbons (Fsp3) is 0.357. The zero-order valence-corrected chi connectivity index (χ0v) is 12.2. The molecule has 0 unspecified atom stereocenters. The van der Waals surface area contributed by atoms with Crippen molar-refractivity contribution in [3.05, 3.63) is 41.0 Å². The number of nitrogens with zero attached hydrogens (tertiary/aromatic N) is 3. The Balaban J connectivity index is 2.51. The number of pyridine rings is 1. The summed E-state index contributed by atoms with van der Waals surface area (Å²) in [7, 11) is 0. The Kier molecular flexibility index (Phi) is 4.20. The van der Waals surface area contributed by atoms with Crippen molar-refractivity contribution in [2.24, 2.45) is 0 Å². The second-order valence-corrected chi connectivity index (χ2v) is 4.61. The third-order valence-electron chi connectivity index (χ3n) is 3.07. The normalized spacial score (nSPS) is 11.5. The van der Waals surface area contributed by atoms with Crippen molar-refractivity contribution in [3.8, 4) is 5.69 Å². The zero-order valence-electron chi connectivity index (χ0n) is 12.2. The first-order valence-electron chi connectivity index (χ1n) is 6.51. The second-order valence-electron chi connectivity index (χ2n) is 4.61. The highest BCUT2D eigenvalue weighted by Gasteiger charge is 2.31. The highest BCUT2D eigenvalue weighted by atomic mass is 19.4. The van der Waals surface area contributed by atoms with Crippen LogP contribution >= 0.6 is 0 Å². The summed E-state index contributed by atoms with van der Waals surface area (Å²) >= 11 is 0. The van der Waals surface area contributed by atoms with Crippen molar-refractivity contribution < 1.29 is 22.7 Å². The van der Waals surface area contributed by atoms with E-state index in [1.54, 1.807) is 20.8 Å². The maximum Gasteiger partial charge on any atom is 0.417 e. The molecule has 2 aromatic rings. The highest BCUT2D eigenvalue weighted by Crippen LogP contribution is 2.30. The topological polar surface area (TPSA) is 57.0 Å². The third kappa shape index (κ3) is 2.95. The Morgan fingerprint density at radius 3 is 2.59 bits per heavy atom. The van der Waals surface area contributed by atoms with E-state index < -0.39 is 17.7 Å². The molecule has 0 radical (unpaired) electrons. The molecule has 0 N–H and O–H groups in total. The Morgan fingerprint density at radius 2 is 2.00 bits per heavy atom. The molecule has 2 heterocycles. The third-order valence-corrected chi connectivity index (χ3v) is 3.07. The minimum Gasteiger partial charge on any atom is -0.462 e. The number of aromatic nitrogens is 3. The molecule has 0 saturated heterocycles. The van der Waals surface area contributed by atoms with Crippen molar-refractivity contribution >= 4 is 5.97 Å². The SMILES string of the molecule is CCOC(=O)c1c(C)nn(-c2cncc(C(F)(F)F)c2)c1C. The van der Waals surface area contributed by atoms with E-state index in [2.05, 4.69) is 10.1 Å². The fourth-order valence-corrected chi connectivity index (χ4v) is 2.09. The summed E-state index contributed by atoms with van der Waals surface area (Å²) in [4.78, 5) is 15.5. The summed E-state index contributed by atoms with van der Waals surface area (Å²) in [5.74, 6) is -0.552. The molecule has 0 aliphatic rings. The number of hydrogen-bond donors (Lipinski definition) is 0. The van der Waals surface area contributed by atoms with Crippen molar-refractivity contribution in [2.75, 3.05) is 6.61 Å². The van der Waals surface area contributed by atoms with Gasteiger partial charge < -0.3 is 4.74 Å². The summed E-state index contributed by atoms with van der Waals surface area (Å²) in [6, 6.07) is 0.932. The van der Waals surface area contributed by atoms with E-state index in [1.807, 2.05) is 0 Å². The van der Waals surface area contributed by atoms with Gasteiger partial charge in [-0.3, -0.25) is 4.98 Å². The van der Waals surface area contributed by atoms with Crippen LogP contribution in [0.1, 0.15) is 34.2 Å². The minimum absolute atomic E-state index is 0.131. The minimum atomic E-state index is -4.50. The van der Waals surface area contributed by atoms with Crippen molar-refractivity contribution in [1.82, 2.24) is 14.8 Å². The van der Waals surface area contributed by atoms with E-state index in [1.165, 1.54) is 10.9 Å². The second kappa shape index (κ2) is 5.78. The number of ether oxygens (including phenoxy) is 1. The van der Waals surface area contributed by atoms with Gasteiger partial charge in [-0.25, -0.2) is 9.48 Å². The number of esters is 1. The first kappa shape index (κ1) is 16.0. The molecule has 22 heavy (non-hydrogen) atoms. The molecule has 5 nitrogen and oxygen atoms in total. The van der Waals surface area contributed by atoms with Crippen LogP contribution in [0.3, 0.4) is 0 Å². The van der Waals surface area contributed by atoms with Crippen LogP contribution in [0.5, 0.6) is 0 Å². The zero-order chi connectivity index (χ0) is 16.5. The smallest absolute Gasteiger partial charge is 0.417 e. The number of halogens is 3. The van der Waals surface area contributed by atoms with Gasteiger partial charge in [0, 0.05) is 6.20 Å². The lowest BCUT2D eigenvalue weighted by molar-refractivity contribution is -0.137. The quantitative estimate of drug-likeness (QED) is 0.817. The van der Waals surface area contributed by atoms with Gasteiger partial charge in [0.05, 0.1) is 35.4 Å². The standard InChI is InChI=1S/C14H14F3N3O2/c1-4-22-13(21)12-8(2)19-20(9(12)3)11-5-10(6-18-7-11)14(15,16)17/h5-7H,4H2,1-3H3. The Bertz CT molecular complexity index is 708. The largest absolute Gasteiger partial charge is 0.462 e. The molecule has 0 aliphatic carbocycles. The van der Waals surface area contributed by atoms with E-state index in [0.717, 1.165) is 12.3 Å². The van der Waals surface area contributed by atoms with Crippen LogP contribution < -0.4 is 0 Å². The average molecular weight is 313 g/mol. The van der Waals surface area contributed by atoms with Crippen LogP contribution in [0.15, 0.2) is 18.5 Å². The molecule has 8 heteroatoms. The monoisotopic (exact) mass is 313 g/mol. The van der Waals surface area contributed by atoms with Gasteiger partial charge in [-0.1, -0.05) is 0 Å². The van der Waals surface area contributed by atoms with Crippen LogP contribution in [0.25, 0.3) is 5.69 Å². The number of carbonyl (C=O) groups excluding carboxylic acids is 1. The van der Waals surface area contributed by atoms with Crippen LogP contribution in [-0.2, 0) is 10.9 Å². The van der Waals surface area contributed by atoms with Crippen molar-refractivity contribution in [3.63, 3.8) is 0 Å². The van der Waals surface area contributed by atoms with E-state index in [9.17, 15) is 18.0 Å². The molecule has 0 atom stereocenters. The molecular formula is C14H14F3N3O2. The predicted molar refractivity (Wildman–Crippen MR) is 71.8 cm³/mol. The molecule has 0 spiro atoms. The molecule has 0 saturated carbocycles. The van der Waals surface area contributed by atoms with E-state index >= 15 is 0 Å². The lowest BCUT2D eigenvalue weighted by Crippen LogP contribution is -2.09. The van der Waals surface area contributed by atoms with Gasteiger partial charge in [0.1, 0.15) is 5.56 Å². The Morgan fingerprint density at radius 1 is 1.32 bits per heavy atom. The molecule has 2 rings (SSSR count). The molecule has 2 aromatic heterocycles. The average Bonchev–Trinajstić information content (AvgIpc) is 2.73. The predicted octanol–water partition coefficient (Wildman–Crippen LogP) is 3.08. The summed E-state index contributed by atoms with van der Waals surface area (Å²) in [5, 5.41) is 4.12. The van der Waals surface area contributed by atoms with Gasteiger partial charge in [0.15, 0.2) is 0 Å². The van der Waals surface area contributed by atoms with E-state index in [4.69, 9.17) is 4.74 Å². The number of carbonyl (C=O) groups is 1. The molecule has 0 aromatic carbocycles. The summed E-state index contributed by atoms with van der Waals surface area (Å²) in [6.07, 6.45) is -2.51. The van der Waals surface area contributed by atoms with Crippen molar-refractivity contribution in [2.45, 2.75) is 26.9 Å². The van der Waals surface area contributed by atoms with Gasteiger partial charge in [-0.2, -0.15) is 18.3 Å². The van der Waals surface area contributed by atoms with Crippen LogP contribution in [0.2, 0.25) is 0 Å². The Hall–Kier alpha value is -2.38. The molecule has 118 valence electrons. The number of hydrogen-bond acceptors (Lipinski definition) is 4. The molecule has 0 aliphatic heterocycles. The van der Waals surface area contributed by atoms with Gasteiger partial charge in [0.2, 0.25) is 0 Å². The molecule has 0 amide bonds. The highest BCUT2D eigenvalue weighted by molar-refractivity contribution is 5.92. The van der Waals surface area contributed by atoms with Crippen molar-refractivity contribution in [1.29, 1.82) is 0 Å². The van der Waals surface area contributed by atoms with Gasteiger partial charge in [0.25, 0.3) is 0 Å². The molecule has 0 fully saturated rings. The van der Waals surface area contributed by atoms with E-state index in [-0.39, 0.29) is 17.9 Å². The first-order valence-corrected chi connectivity index (χ1v) is 6.51. The molecular weight excluding hydrogens is 299 g/mol. The van der Waals surface area contributed by atoms with Crippen LogP contribution in [0.4, 0.5) is 13.2 Å².